The standard InChI is InChI=1S/C13H13NO3/c1-3-17-13(15)11(9-14)8-10-4-6-12(16-2)7-5-10/h4-8H,3H2,1-2H3. The predicted octanol–water partition coefficient (Wildman–Crippen LogP) is 2.17. The molecule has 0 aliphatic carbocycles. The molecule has 1 rings (SSSR count). The number of hydrogen-bond acceptors (Lipinski definition) is 4. The van der Waals surface area contributed by atoms with Crippen LogP contribution in [0.1, 0.15) is 12.5 Å². The number of nitriles is 1. The molecule has 0 fully saturated rings. The van der Waals surface area contributed by atoms with Crippen LogP contribution in [0.2, 0.25) is 0 Å². The van der Waals surface area contributed by atoms with Crippen molar-refractivity contribution in [3.8, 4) is 11.8 Å². The molecule has 1 aromatic rings. The largest absolute Gasteiger partial charge is 0.497 e. The molecule has 0 heterocycles. The number of ether oxygens (including phenoxy) is 2. The van der Waals surface area contributed by atoms with Gasteiger partial charge in [-0.3, -0.25) is 0 Å². The van der Waals surface area contributed by atoms with Crippen LogP contribution in [0.3, 0.4) is 0 Å². The Morgan fingerprint density at radius 3 is 2.53 bits per heavy atom. The van der Waals surface area contributed by atoms with Gasteiger partial charge >= 0.3 is 5.97 Å². The molecule has 0 bridgehead atoms. The summed E-state index contributed by atoms with van der Waals surface area (Å²) in [7, 11) is 1.57. The van der Waals surface area contributed by atoms with Crippen LogP contribution in [0.4, 0.5) is 0 Å². The summed E-state index contributed by atoms with van der Waals surface area (Å²) >= 11 is 0. The fraction of sp³-hybridized carbons (Fsp3) is 0.231. The number of rotatable bonds is 4. The van der Waals surface area contributed by atoms with Gasteiger partial charge in [-0.1, -0.05) is 12.1 Å². The molecule has 0 aliphatic rings. The fourth-order valence-corrected chi connectivity index (χ4v) is 1.21. The molecule has 0 radical (unpaired) electrons. The minimum absolute atomic E-state index is 0.0167. The van der Waals surface area contributed by atoms with E-state index >= 15 is 0 Å². The molecular formula is C13H13NO3. The minimum Gasteiger partial charge on any atom is -0.497 e. The third kappa shape index (κ3) is 3.65. The molecule has 0 unspecified atom stereocenters. The van der Waals surface area contributed by atoms with Gasteiger partial charge in [-0.25, -0.2) is 4.79 Å². The van der Waals surface area contributed by atoms with Gasteiger partial charge in [0, 0.05) is 0 Å². The lowest BCUT2D eigenvalue weighted by Crippen LogP contribution is -2.05. The van der Waals surface area contributed by atoms with Gasteiger partial charge in [0.25, 0.3) is 0 Å². The van der Waals surface area contributed by atoms with Crippen molar-refractivity contribution in [1.29, 1.82) is 5.26 Å². The van der Waals surface area contributed by atoms with E-state index in [0.717, 1.165) is 11.3 Å². The van der Waals surface area contributed by atoms with Crippen LogP contribution in [0.15, 0.2) is 29.8 Å². The Balaban J connectivity index is 2.91. The van der Waals surface area contributed by atoms with Crippen molar-refractivity contribution in [1.82, 2.24) is 0 Å². The van der Waals surface area contributed by atoms with Crippen molar-refractivity contribution in [3.63, 3.8) is 0 Å². The molecule has 4 nitrogen and oxygen atoms in total. The van der Waals surface area contributed by atoms with E-state index in [1.807, 2.05) is 6.07 Å². The van der Waals surface area contributed by atoms with E-state index in [1.54, 1.807) is 38.3 Å². The lowest BCUT2D eigenvalue weighted by atomic mass is 10.1. The van der Waals surface area contributed by atoms with Gasteiger partial charge in [0.2, 0.25) is 0 Å². The Hall–Kier alpha value is -2.28. The first kappa shape index (κ1) is 12.8. The zero-order valence-electron chi connectivity index (χ0n) is 9.77. The lowest BCUT2D eigenvalue weighted by molar-refractivity contribution is -0.137. The Bertz CT molecular complexity index is 455. The first-order valence-corrected chi connectivity index (χ1v) is 5.14. The predicted molar refractivity (Wildman–Crippen MR) is 63.2 cm³/mol. The summed E-state index contributed by atoms with van der Waals surface area (Å²) in [5, 5.41) is 8.84. The average Bonchev–Trinajstić information content (AvgIpc) is 2.37. The van der Waals surface area contributed by atoms with Crippen LogP contribution in [0.25, 0.3) is 6.08 Å². The van der Waals surface area contributed by atoms with Crippen LogP contribution < -0.4 is 4.74 Å². The molecule has 0 aliphatic heterocycles. The highest BCUT2D eigenvalue weighted by molar-refractivity contribution is 5.97. The zero-order valence-corrected chi connectivity index (χ0v) is 9.77. The highest BCUT2D eigenvalue weighted by atomic mass is 16.5. The molecule has 0 spiro atoms. The topological polar surface area (TPSA) is 59.3 Å². The first-order valence-electron chi connectivity index (χ1n) is 5.14. The maximum absolute atomic E-state index is 11.4. The van der Waals surface area contributed by atoms with Crippen molar-refractivity contribution in [3.05, 3.63) is 35.4 Å². The molecule has 0 saturated heterocycles. The van der Waals surface area contributed by atoms with Gasteiger partial charge in [0.1, 0.15) is 17.4 Å². The van der Waals surface area contributed by atoms with Gasteiger partial charge in [-0.05, 0) is 30.7 Å². The highest BCUT2D eigenvalue weighted by Crippen LogP contribution is 2.14. The average molecular weight is 231 g/mol. The second kappa shape index (κ2) is 6.33. The number of carbonyl (C=O) groups excluding carboxylic acids is 1. The van der Waals surface area contributed by atoms with E-state index in [9.17, 15) is 4.79 Å². The van der Waals surface area contributed by atoms with E-state index in [-0.39, 0.29) is 12.2 Å². The lowest BCUT2D eigenvalue weighted by Gasteiger charge is -2.01. The smallest absolute Gasteiger partial charge is 0.348 e. The van der Waals surface area contributed by atoms with E-state index in [4.69, 9.17) is 14.7 Å². The summed E-state index contributed by atoms with van der Waals surface area (Å²) in [6, 6.07) is 8.85. The number of hydrogen-bond donors (Lipinski definition) is 0. The van der Waals surface area contributed by atoms with Crippen LogP contribution in [0, 0.1) is 11.3 Å². The van der Waals surface area contributed by atoms with Gasteiger partial charge in [0.05, 0.1) is 13.7 Å². The van der Waals surface area contributed by atoms with Gasteiger partial charge in [0.15, 0.2) is 0 Å². The summed E-state index contributed by atoms with van der Waals surface area (Å²) in [6.07, 6.45) is 1.48. The van der Waals surface area contributed by atoms with Gasteiger partial charge in [-0.15, -0.1) is 0 Å². The number of esters is 1. The Kier molecular flexibility index (Phi) is 4.77. The van der Waals surface area contributed by atoms with Crippen molar-refractivity contribution in [2.45, 2.75) is 6.92 Å². The third-order valence-corrected chi connectivity index (χ3v) is 2.04. The van der Waals surface area contributed by atoms with Crippen molar-refractivity contribution < 1.29 is 14.3 Å². The van der Waals surface area contributed by atoms with E-state index in [1.165, 1.54) is 6.08 Å². The second-order valence-corrected chi connectivity index (χ2v) is 3.16. The SMILES string of the molecule is CCOC(=O)C(C#N)=Cc1ccc(OC)cc1. The fourth-order valence-electron chi connectivity index (χ4n) is 1.21. The van der Waals surface area contributed by atoms with Gasteiger partial charge < -0.3 is 9.47 Å². The number of carbonyl (C=O) groups is 1. The number of benzene rings is 1. The Labute approximate surface area is 100 Å². The Morgan fingerprint density at radius 2 is 2.06 bits per heavy atom. The molecule has 4 heteroatoms. The summed E-state index contributed by atoms with van der Waals surface area (Å²) < 4.78 is 9.77. The van der Waals surface area contributed by atoms with E-state index < -0.39 is 5.97 Å². The maximum Gasteiger partial charge on any atom is 0.348 e. The zero-order chi connectivity index (χ0) is 12.7. The molecule has 0 saturated carbocycles. The van der Waals surface area contributed by atoms with Crippen molar-refractivity contribution in [2.24, 2.45) is 0 Å². The van der Waals surface area contributed by atoms with Crippen LogP contribution in [0.5, 0.6) is 5.75 Å². The summed E-state index contributed by atoms with van der Waals surface area (Å²) in [4.78, 5) is 11.4. The van der Waals surface area contributed by atoms with Crippen LogP contribution in [-0.2, 0) is 9.53 Å². The molecule has 0 N–H and O–H groups in total. The molecule has 0 amide bonds. The first-order chi connectivity index (χ1) is 8.21. The molecule has 0 aromatic heterocycles. The number of nitrogens with zero attached hydrogens (tertiary/aromatic N) is 1. The Morgan fingerprint density at radius 1 is 1.41 bits per heavy atom. The highest BCUT2D eigenvalue weighted by Gasteiger charge is 2.09. The minimum atomic E-state index is -0.606. The normalized spacial score (nSPS) is 10.5. The quantitative estimate of drug-likeness (QED) is 0.452. The van der Waals surface area contributed by atoms with Crippen molar-refractivity contribution >= 4 is 12.0 Å². The maximum atomic E-state index is 11.4. The van der Waals surface area contributed by atoms with Crippen LogP contribution in [-0.4, -0.2) is 19.7 Å². The molecule has 1 aromatic carbocycles. The molecule has 0 atom stereocenters. The third-order valence-electron chi connectivity index (χ3n) is 2.04. The monoisotopic (exact) mass is 231 g/mol. The second-order valence-electron chi connectivity index (χ2n) is 3.16. The van der Waals surface area contributed by atoms with Crippen molar-refractivity contribution in [2.75, 3.05) is 13.7 Å². The number of methoxy groups -OCH3 is 1. The van der Waals surface area contributed by atoms with Crippen LogP contribution >= 0.6 is 0 Å². The molecule has 17 heavy (non-hydrogen) atoms. The summed E-state index contributed by atoms with van der Waals surface area (Å²) in [6.45, 7) is 1.95. The van der Waals surface area contributed by atoms with Gasteiger partial charge in [-0.2, -0.15) is 5.26 Å². The molecule has 88 valence electrons. The van der Waals surface area contributed by atoms with E-state index in [0.29, 0.717) is 0 Å². The summed E-state index contributed by atoms with van der Waals surface area (Å²) in [5.41, 5.74) is 0.729. The summed E-state index contributed by atoms with van der Waals surface area (Å²) in [5.74, 6) is 0.114. The van der Waals surface area contributed by atoms with E-state index in [2.05, 4.69) is 0 Å². The molecular weight excluding hydrogens is 218 g/mol.